The van der Waals surface area contributed by atoms with Crippen molar-refractivity contribution in [1.29, 1.82) is 0 Å². The van der Waals surface area contributed by atoms with Gasteiger partial charge in [0.2, 0.25) is 5.91 Å². The van der Waals surface area contributed by atoms with Crippen LogP contribution in [0.2, 0.25) is 0 Å². The van der Waals surface area contributed by atoms with E-state index in [9.17, 15) is 9.18 Å². The molecule has 0 aliphatic carbocycles. The Balaban J connectivity index is 1.96. The van der Waals surface area contributed by atoms with E-state index >= 15 is 0 Å². The zero-order valence-electron chi connectivity index (χ0n) is 11.4. The predicted octanol–water partition coefficient (Wildman–Crippen LogP) is 2.39. The lowest BCUT2D eigenvalue weighted by molar-refractivity contribution is -0.125. The molecule has 1 fully saturated rings. The molecule has 2 unspecified atom stereocenters. The first-order valence-electron chi connectivity index (χ1n) is 6.87. The molecule has 1 aromatic rings. The fourth-order valence-electron chi connectivity index (χ4n) is 2.54. The van der Waals surface area contributed by atoms with Crippen molar-refractivity contribution in [2.75, 3.05) is 6.54 Å². The Bertz CT molecular complexity index is 432. The van der Waals surface area contributed by atoms with Gasteiger partial charge < -0.3 is 10.6 Å². The van der Waals surface area contributed by atoms with Crippen LogP contribution in [0.4, 0.5) is 4.39 Å². The van der Waals surface area contributed by atoms with E-state index in [0.717, 1.165) is 24.9 Å². The Morgan fingerprint density at radius 3 is 2.74 bits per heavy atom. The molecule has 19 heavy (non-hydrogen) atoms. The second kappa shape index (κ2) is 6.15. The van der Waals surface area contributed by atoms with Crippen molar-refractivity contribution in [3.8, 4) is 0 Å². The minimum absolute atomic E-state index is 0.0315. The topological polar surface area (TPSA) is 41.1 Å². The predicted molar refractivity (Wildman–Crippen MR) is 73.1 cm³/mol. The van der Waals surface area contributed by atoms with E-state index in [-0.39, 0.29) is 23.8 Å². The van der Waals surface area contributed by atoms with E-state index in [1.165, 1.54) is 12.1 Å². The lowest BCUT2D eigenvalue weighted by Gasteiger charge is -2.30. The molecule has 2 N–H and O–H groups in total. The SMILES string of the molecule is CC1CCCNC1C(=O)N[C@@H](C)c1ccc(F)cc1. The standard InChI is InChI=1S/C15H21FN2O/c1-10-4-3-9-17-14(10)15(19)18-11(2)12-5-7-13(16)8-6-12/h5-8,10-11,14,17H,3-4,9H2,1-2H3,(H,18,19)/t10?,11-,14?/m0/s1. The van der Waals surface area contributed by atoms with Gasteiger partial charge in [0.05, 0.1) is 12.1 Å². The van der Waals surface area contributed by atoms with Gasteiger partial charge in [-0.25, -0.2) is 4.39 Å². The third-order valence-corrected chi connectivity index (χ3v) is 3.78. The van der Waals surface area contributed by atoms with Gasteiger partial charge in [-0.1, -0.05) is 19.1 Å². The van der Waals surface area contributed by atoms with Crippen LogP contribution in [0.5, 0.6) is 0 Å². The van der Waals surface area contributed by atoms with Gasteiger partial charge in [0.15, 0.2) is 0 Å². The zero-order valence-corrected chi connectivity index (χ0v) is 11.4. The number of nitrogens with one attached hydrogen (secondary N) is 2. The smallest absolute Gasteiger partial charge is 0.237 e. The summed E-state index contributed by atoms with van der Waals surface area (Å²) >= 11 is 0. The van der Waals surface area contributed by atoms with E-state index in [4.69, 9.17) is 0 Å². The van der Waals surface area contributed by atoms with Gasteiger partial charge in [-0.05, 0) is 49.9 Å². The van der Waals surface area contributed by atoms with Crippen molar-refractivity contribution in [2.45, 2.75) is 38.8 Å². The van der Waals surface area contributed by atoms with Gasteiger partial charge in [0, 0.05) is 0 Å². The van der Waals surface area contributed by atoms with Crippen LogP contribution >= 0.6 is 0 Å². The van der Waals surface area contributed by atoms with E-state index in [1.54, 1.807) is 12.1 Å². The van der Waals surface area contributed by atoms with Gasteiger partial charge in [0.1, 0.15) is 5.82 Å². The lowest BCUT2D eigenvalue weighted by atomic mass is 9.92. The highest BCUT2D eigenvalue weighted by Gasteiger charge is 2.28. The number of amides is 1. The monoisotopic (exact) mass is 264 g/mol. The van der Waals surface area contributed by atoms with Gasteiger partial charge >= 0.3 is 0 Å². The average molecular weight is 264 g/mol. The first-order chi connectivity index (χ1) is 9.08. The number of benzene rings is 1. The van der Waals surface area contributed by atoms with Gasteiger partial charge in [-0.15, -0.1) is 0 Å². The number of carbonyl (C=O) groups is 1. The maximum Gasteiger partial charge on any atom is 0.237 e. The summed E-state index contributed by atoms with van der Waals surface area (Å²) in [5.74, 6) is 0.128. The van der Waals surface area contributed by atoms with Crippen LogP contribution in [0.1, 0.15) is 38.3 Å². The van der Waals surface area contributed by atoms with E-state index in [0.29, 0.717) is 5.92 Å². The summed E-state index contributed by atoms with van der Waals surface area (Å²) in [6.07, 6.45) is 2.20. The van der Waals surface area contributed by atoms with Crippen LogP contribution in [0.15, 0.2) is 24.3 Å². The highest BCUT2D eigenvalue weighted by molar-refractivity contribution is 5.82. The molecule has 0 bridgehead atoms. The quantitative estimate of drug-likeness (QED) is 0.880. The molecule has 104 valence electrons. The Hall–Kier alpha value is -1.42. The Morgan fingerprint density at radius 2 is 2.11 bits per heavy atom. The van der Waals surface area contributed by atoms with Gasteiger partial charge in [0.25, 0.3) is 0 Å². The number of rotatable bonds is 3. The second-order valence-corrected chi connectivity index (χ2v) is 5.33. The van der Waals surface area contributed by atoms with Crippen LogP contribution in [-0.2, 0) is 4.79 Å². The highest BCUT2D eigenvalue weighted by atomic mass is 19.1. The molecule has 2 rings (SSSR count). The average Bonchev–Trinajstić information content (AvgIpc) is 2.39. The zero-order chi connectivity index (χ0) is 13.8. The molecule has 0 aromatic heterocycles. The molecular formula is C15H21FN2O. The molecular weight excluding hydrogens is 243 g/mol. The third kappa shape index (κ3) is 3.53. The van der Waals surface area contributed by atoms with Crippen LogP contribution < -0.4 is 10.6 Å². The number of carbonyl (C=O) groups excluding carboxylic acids is 1. The summed E-state index contributed by atoms with van der Waals surface area (Å²) in [5.41, 5.74) is 0.915. The van der Waals surface area contributed by atoms with Crippen molar-refractivity contribution in [1.82, 2.24) is 10.6 Å². The summed E-state index contributed by atoms with van der Waals surface area (Å²) in [4.78, 5) is 12.2. The summed E-state index contributed by atoms with van der Waals surface area (Å²) in [7, 11) is 0. The van der Waals surface area contributed by atoms with Crippen LogP contribution in [-0.4, -0.2) is 18.5 Å². The van der Waals surface area contributed by atoms with Crippen molar-refractivity contribution < 1.29 is 9.18 Å². The molecule has 1 heterocycles. The molecule has 1 aliphatic heterocycles. The van der Waals surface area contributed by atoms with E-state index in [2.05, 4.69) is 17.6 Å². The first-order valence-corrected chi connectivity index (χ1v) is 6.87. The fourth-order valence-corrected chi connectivity index (χ4v) is 2.54. The van der Waals surface area contributed by atoms with E-state index in [1.807, 2.05) is 6.92 Å². The Kier molecular flexibility index (Phi) is 4.53. The third-order valence-electron chi connectivity index (χ3n) is 3.78. The lowest BCUT2D eigenvalue weighted by Crippen LogP contribution is -2.51. The molecule has 3 nitrogen and oxygen atoms in total. The summed E-state index contributed by atoms with van der Waals surface area (Å²) in [6, 6.07) is 6.02. The molecule has 1 aliphatic rings. The summed E-state index contributed by atoms with van der Waals surface area (Å²) in [5, 5.41) is 6.25. The number of piperidine rings is 1. The maximum atomic E-state index is 12.9. The molecule has 0 radical (unpaired) electrons. The second-order valence-electron chi connectivity index (χ2n) is 5.33. The Morgan fingerprint density at radius 1 is 1.42 bits per heavy atom. The summed E-state index contributed by atoms with van der Waals surface area (Å²) in [6.45, 7) is 4.91. The van der Waals surface area contributed by atoms with Crippen molar-refractivity contribution in [3.05, 3.63) is 35.6 Å². The molecule has 4 heteroatoms. The van der Waals surface area contributed by atoms with Crippen LogP contribution in [0.25, 0.3) is 0 Å². The Labute approximate surface area is 113 Å². The first kappa shape index (κ1) is 14.0. The molecule has 3 atom stereocenters. The fraction of sp³-hybridized carbons (Fsp3) is 0.533. The van der Waals surface area contributed by atoms with Crippen LogP contribution in [0.3, 0.4) is 0 Å². The number of hydrogen-bond acceptors (Lipinski definition) is 2. The number of halogens is 1. The van der Waals surface area contributed by atoms with Gasteiger partial charge in [-0.3, -0.25) is 4.79 Å². The molecule has 1 aromatic carbocycles. The highest BCUT2D eigenvalue weighted by Crippen LogP contribution is 2.18. The van der Waals surface area contributed by atoms with Crippen molar-refractivity contribution >= 4 is 5.91 Å². The molecule has 0 spiro atoms. The number of hydrogen-bond donors (Lipinski definition) is 2. The molecule has 0 saturated carbocycles. The van der Waals surface area contributed by atoms with E-state index < -0.39 is 0 Å². The maximum absolute atomic E-state index is 12.9. The minimum atomic E-state index is -0.259. The normalized spacial score (nSPS) is 24.8. The molecule has 1 amide bonds. The van der Waals surface area contributed by atoms with Gasteiger partial charge in [-0.2, -0.15) is 0 Å². The summed E-state index contributed by atoms with van der Waals surface area (Å²) < 4.78 is 12.9. The van der Waals surface area contributed by atoms with Crippen molar-refractivity contribution in [3.63, 3.8) is 0 Å². The minimum Gasteiger partial charge on any atom is -0.348 e. The van der Waals surface area contributed by atoms with Crippen LogP contribution in [0, 0.1) is 11.7 Å². The largest absolute Gasteiger partial charge is 0.348 e. The van der Waals surface area contributed by atoms with Crippen molar-refractivity contribution in [2.24, 2.45) is 5.92 Å². The molecule has 1 saturated heterocycles.